The van der Waals surface area contributed by atoms with Crippen molar-refractivity contribution in [1.82, 2.24) is 10.2 Å². The molecule has 0 aliphatic rings. The third-order valence-electron chi connectivity index (χ3n) is 4.63. The van der Waals surface area contributed by atoms with E-state index in [2.05, 4.69) is 28.8 Å². The molecule has 2 aromatic rings. The summed E-state index contributed by atoms with van der Waals surface area (Å²) in [5.41, 5.74) is 1.72. The SMILES string of the molecule is CCN(CC)CCNC(=O)c1ccc(OC)c(S(=O)(=O)Nc2ccc(C)cc2)c1. The second-order valence-electron chi connectivity index (χ2n) is 6.62. The first-order chi connectivity index (χ1) is 13.8. The molecule has 0 fully saturated rings. The van der Waals surface area contributed by atoms with Crippen LogP contribution in [0.25, 0.3) is 0 Å². The summed E-state index contributed by atoms with van der Waals surface area (Å²) < 4.78 is 33.5. The summed E-state index contributed by atoms with van der Waals surface area (Å²) in [5, 5.41) is 2.83. The molecule has 0 saturated carbocycles. The largest absolute Gasteiger partial charge is 0.495 e. The summed E-state index contributed by atoms with van der Waals surface area (Å²) in [4.78, 5) is 14.6. The molecule has 0 aliphatic carbocycles. The molecule has 0 radical (unpaired) electrons. The Balaban J connectivity index is 2.20. The average molecular weight is 420 g/mol. The Bertz CT molecular complexity index is 923. The number of nitrogens with one attached hydrogen (secondary N) is 2. The number of hydrogen-bond donors (Lipinski definition) is 2. The van der Waals surface area contributed by atoms with E-state index in [1.54, 1.807) is 18.2 Å². The van der Waals surface area contributed by atoms with Crippen LogP contribution in [0.2, 0.25) is 0 Å². The van der Waals surface area contributed by atoms with E-state index >= 15 is 0 Å². The molecular weight excluding hydrogens is 390 g/mol. The van der Waals surface area contributed by atoms with Crippen molar-refractivity contribution < 1.29 is 17.9 Å². The molecule has 2 rings (SSSR count). The van der Waals surface area contributed by atoms with E-state index in [0.29, 0.717) is 12.2 Å². The monoisotopic (exact) mass is 419 g/mol. The van der Waals surface area contributed by atoms with Gasteiger partial charge in [0.1, 0.15) is 10.6 Å². The van der Waals surface area contributed by atoms with Gasteiger partial charge in [-0.3, -0.25) is 9.52 Å². The standard InChI is InChI=1S/C21H29N3O4S/c1-5-24(6-2)14-13-22-21(25)17-9-12-19(28-4)20(15-17)29(26,27)23-18-10-7-16(3)8-11-18/h7-12,15,23H,5-6,13-14H2,1-4H3,(H,22,25). The zero-order valence-electron chi connectivity index (χ0n) is 17.4. The smallest absolute Gasteiger partial charge is 0.265 e. The first kappa shape index (κ1) is 22.7. The molecule has 1 amide bonds. The fourth-order valence-corrected chi connectivity index (χ4v) is 4.08. The van der Waals surface area contributed by atoms with Crippen molar-refractivity contribution >= 4 is 21.6 Å². The highest BCUT2D eigenvalue weighted by Gasteiger charge is 2.22. The van der Waals surface area contributed by atoms with Crippen LogP contribution in [0.1, 0.15) is 29.8 Å². The third kappa shape index (κ3) is 6.20. The molecule has 8 heteroatoms. The van der Waals surface area contributed by atoms with Crippen molar-refractivity contribution in [3.8, 4) is 5.75 Å². The third-order valence-corrected chi connectivity index (χ3v) is 6.03. The Morgan fingerprint density at radius 3 is 2.31 bits per heavy atom. The van der Waals surface area contributed by atoms with Crippen molar-refractivity contribution in [3.05, 3.63) is 53.6 Å². The summed E-state index contributed by atoms with van der Waals surface area (Å²) in [6.07, 6.45) is 0. The molecule has 2 N–H and O–H groups in total. The maximum Gasteiger partial charge on any atom is 0.265 e. The lowest BCUT2D eigenvalue weighted by Gasteiger charge is -2.18. The van der Waals surface area contributed by atoms with Gasteiger partial charge in [0, 0.05) is 24.3 Å². The van der Waals surface area contributed by atoms with Crippen LogP contribution >= 0.6 is 0 Å². The summed E-state index contributed by atoms with van der Waals surface area (Å²) in [6, 6.07) is 11.4. The van der Waals surface area contributed by atoms with Gasteiger partial charge in [-0.25, -0.2) is 8.42 Å². The zero-order chi connectivity index (χ0) is 21.4. The highest BCUT2D eigenvalue weighted by Crippen LogP contribution is 2.27. The molecule has 158 valence electrons. The van der Waals surface area contributed by atoms with Crippen LogP contribution in [-0.4, -0.2) is 52.5 Å². The van der Waals surface area contributed by atoms with Crippen LogP contribution in [0.4, 0.5) is 5.69 Å². The molecule has 0 heterocycles. The second kappa shape index (κ2) is 10.3. The normalized spacial score (nSPS) is 11.3. The number of aryl methyl sites for hydroxylation is 1. The van der Waals surface area contributed by atoms with Gasteiger partial charge in [-0.1, -0.05) is 31.5 Å². The number of likely N-dealkylation sites (N-methyl/N-ethyl adjacent to an activating group) is 1. The number of ether oxygens (including phenoxy) is 1. The lowest BCUT2D eigenvalue weighted by atomic mass is 10.2. The van der Waals surface area contributed by atoms with E-state index in [0.717, 1.165) is 25.2 Å². The fourth-order valence-electron chi connectivity index (χ4n) is 2.83. The van der Waals surface area contributed by atoms with E-state index in [1.165, 1.54) is 19.2 Å². The van der Waals surface area contributed by atoms with Gasteiger partial charge in [0.25, 0.3) is 15.9 Å². The van der Waals surface area contributed by atoms with E-state index < -0.39 is 10.0 Å². The number of anilines is 1. The Kier molecular flexibility index (Phi) is 8.04. The van der Waals surface area contributed by atoms with E-state index in [1.807, 2.05) is 19.1 Å². The lowest BCUT2D eigenvalue weighted by molar-refractivity contribution is 0.0948. The van der Waals surface area contributed by atoms with Crippen LogP contribution in [0, 0.1) is 6.92 Å². The quantitative estimate of drug-likeness (QED) is 0.618. The fraction of sp³-hybridized carbons (Fsp3) is 0.381. The molecule has 0 saturated heterocycles. The van der Waals surface area contributed by atoms with Gasteiger partial charge in [-0.15, -0.1) is 0 Å². The summed E-state index contributed by atoms with van der Waals surface area (Å²) in [6.45, 7) is 9.07. The molecule has 7 nitrogen and oxygen atoms in total. The van der Waals surface area contributed by atoms with Gasteiger partial charge >= 0.3 is 0 Å². The first-order valence-electron chi connectivity index (χ1n) is 9.58. The maximum absolute atomic E-state index is 12.9. The van der Waals surface area contributed by atoms with Crippen molar-refractivity contribution in [2.24, 2.45) is 0 Å². The molecule has 29 heavy (non-hydrogen) atoms. The van der Waals surface area contributed by atoms with Crippen molar-refractivity contribution in [1.29, 1.82) is 0 Å². The van der Waals surface area contributed by atoms with Gasteiger partial charge in [0.05, 0.1) is 7.11 Å². The molecule has 0 atom stereocenters. The maximum atomic E-state index is 12.9. The Morgan fingerprint density at radius 2 is 1.72 bits per heavy atom. The Labute approximate surface area is 173 Å². The number of carbonyl (C=O) groups excluding carboxylic acids is 1. The molecule has 0 unspecified atom stereocenters. The van der Waals surface area contributed by atoms with Gasteiger partial charge < -0.3 is 15.0 Å². The van der Waals surface area contributed by atoms with Crippen molar-refractivity contribution in [3.63, 3.8) is 0 Å². The summed E-state index contributed by atoms with van der Waals surface area (Å²) in [7, 11) is -2.54. The molecule has 2 aromatic carbocycles. The molecule has 0 aliphatic heterocycles. The number of methoxy groups -OCH3 is 1. The van der Waals surface area contributed by atoms with Gasteiger partial charge in [-0.05, 0) is 50.3 Å². The van der Waals surface area contributed by atoms with Gasteiger partial charge in [0.15, 0.2) is 0 Å². The van der Waals surface area contributed by atoms with Crippen LogP contribution in [0.15, 0.2) is 47.4 Å². The topological polar surface area (TPSA) is 87.7 Å². The molecule has 0 spiro atoms. The average Bonchev–Trinajstić information content (AvgIpc) is 2.72. The van der Waals surface area contributed by atoms with Crippen molar-refractivity contribution in [2.75, 3.05) is 38.0 Å². The first-order valence-corrected chi connectivity index (χ1v) is 11.1. The zero-order valence-corrected chi connectivity index (χ0v) is 18.2. The van der Waals surface area contributed by atoms with E-state index in [4.69, 9.17) is 4.74 Å². The number of amides is 1. The summed E-state index contributed by atoms with van der Waals surface area (Å²) in [5.74, 6) is -0.157. The van der Waals surface area contributed by atoms with Crippen LogP contribution in [-0.2, 0) is 10.0 Å². The summed E-state index contributed by atoms with van der Waals surface area (Å²) >= 11 is 0. The Hall–Kier alpha value is -2.58. The van der Waals surface area contributed by atoms with Gasteiger partial charge in [-0.2, -0.15) is 0 Å². The lowest BCUT2D eigenvalue weighted by Crippen LogP contribution is -2.34. The number of carbonyl (C=O) groups is 1. The number of rotatable bonds is 10. The van der Waals surface area contributed by atoms with Gasteiger partial charge in [0.2, 0.25) is 0 Å². The second-order valence-corrected chi connectivity index (χ2v) is 8.27. The van der Waals surface area contributed by atoms with E-state index in [9.17, 15) is 13.2 Å². The van der Waals surface area contributed by atoms with E-state index in [-0.39, 0.29) is 22.1 Å². The number of hydrogen-bond acceptors (Lipinski definition) is 5. The van der Waals surface area contributed by atoms with Crippen LogP contribution in [0.5, 0.6) is 5.75 Å². The van der Waals surface area contributed by atoms with Crippen molar-refractivity contribution in [2.45, 2.75) is 25.7 Å². The minimum absolute atomic E-state index is 0.0861. The highest BCUT2D eigenvalue weighted by molar-refractivity contribution is 7.92. The number of benzene rings is 2. The molecule has 0 aromatic heterocycles. The minimum Gasteiger partial charge on any atom is -0.495 e. The minimum atomic E-state index is -3.93. The highest BCUT2D eigenvalue weighted by atomic mass is 32.2. The number of sulfonamides is 1. The Morgan fingerprint density at radius 1 is 1.07 bits per heavy atom. The number of nitrogens with zero attached hydrogens (tertiary/aromatic N) is 1. The predicted octanol–water partition coefficient (Wildman–Crippen LogP) is 2.88. The molecular formula is C21H29N3O4S. The predicted molar refractivity (Wildman–Crippen MR) is 115 cm³/mol. The van der Waals surface area contributed by atoms with Crippen LogP contribution < -0.4 is 14.8 Å². The van der Waals surface area contributed by atoms with Crippen LogP contribution in [0.3, 0.4) is 0 Å². The molecule has 0 bridgehead atoms.